The summed E-state index contributed by atoms with van der Waals surface area (Å²) in [5, 5.41) is 3.07. The quantitative estimate of drug-likeness (QED) is 0.743. The molecule has 0 spiro atoms. The first-order valence-electron chi connectivity index (χ1n) is 6.88. The third-order valence-corrected chi connectivity index (χ3v) is 5.15. The number of carbonyl (C=O) groups is 2. The molecule has 1 aliphatic heterocycles. The lowest BCUT2D eigenvalue weighted by molar-refractivity contribution is -0.150. The Morgan fingerprint density at radius 2 is 1.91 bits per heavy atom. The van der Waals surface area contributed by atoms with Gasteiger partial charge in [-0.25, -0.2) is 13.2 Å². The Balaban J connectivity index is 1.66. The Kier molecular flexibility index (Phi) is 5.84. The van der Waals surface area contributed by atoms with Crippen LogP contribution in [0.5, 0.6) is 5.75 Å². The van der Waals surface area contributed by atoms with Crippen molar-refractivity contribution >= 4 is 33.3 Å². The predicted octanol–water partition coefficient (Wildman–Crippen LogP) is 0.565. The number of benzene rings is 1. The van der Waals surface area contributed by atoms with E-state index in [2.05, 4.69) is 5.32 Å². The minimum absolute atomic E-state index is 0.0622. The highest BCUT2D eigenvalue weighted by Gasteiger charge is 2.29. The minimum atomic E-state index is -3.07. The summed E-state index contributed by atoms with van der Waals surface area (Å²) in [6.07, 6.45) is 0.377. The number of carbonyl (C=O) groups excluding carboxylic acids is 2. The monoisotopic (exact) mass is 361 g/mol. The van der Waals surface area contributed by atoms with Gasteiger partial charge in [0.05, 0.1) is 11.5 Å². The van der Waals surface area contributed by atoms with Crippen LogP contribution in [0.15, 0.2) is 24.3 Å². The maximum atomic E-state index is 11.6. The normalized spacial score (nSPS) is 19.1. The van der Waals surface area contributed by atoms with E-state index in [0.717, 1.165) is 0 Å². The van der Waals surface area contributed by atoms with Crippen molar-refractivity contribution in [2.45, 2.75) is 12.5 Å². The van der Waals surface area contributed by atoms with Crippen molar-refractivity contribution in [3.8, 4) is 5.75 Å². The molecule has 0 bridgehead atoms. The van der Waals surface area contributed by atoms with E-state index < -0.39 is 34.4 Å². The zero-order chi connectivity index (χ0) is 16.9. The smallest absolute Gasteiger partial charge is 0.344 e. The van der Waals surface area contributed by atoms with E-state index in [1.165, 1.54) is 0 Å². The average molecular weight is 362 g/mol. The first-order chi connectivity index (χ1) is 10.8. The van der Waals surface area contributed by atoms with Crippen molar-refractivity contribution in [1.29, 1.82) is 0 Å². The standard InChI is InChI=1S/C14H16ClNO6S/c15-10-1-3-12(4-2-10)21-8-14(18)22-7-13(17)16-11-5-6-23(19,20)9-11/h1-4,11H,5-9H2,(H,16,17). The largest absolute Gasteiger partial charge is 0.482 e. The second kappa shape index (κ2) is 7.65. The van der Waals surface area contributed by atoms with Gasteiger partial charge in [-0.3, -0.25) is 4.79 Å². The van der Waals surface area contributed by atoms with Gasteiger partial charge in [-0.15, -0.1) is 0 Å². The molecule has 1 unspecified atom stereocenters. The van der Waals surface area contributed by atoms with Crippen molar-refractivity contribution in [3.63, 3.8) is 0 Å². The molecule has 1 N–H and O–H groups in total. The number of hydrogen-bond donors (Lipinski definition) is 1. The Morgan fingerprint density at radius 3 is 2.52 bits per heavy atom. The van der Waals surface area contributed by atoms with Crippen LogP contribution < -0.4 is 10.1 Å². The summed E-state index contributed by atoms with van der Waals surface area (Å²) in [5.41, 5.74) is 0. The molecule has 126 valence electrons. The second-order valence-electron chi connectivity index (χ2n) is 5.07. The van der Waals surface area contributed by atoms with Gasteiger partial charge in [-0.05, 0) is 30.7 Å². The summed E-state index contributed by atoms with van der Waals surface area (Å²) in [6.45, 7) is -0.813. The fraction of sp³-hybridized carbons (Fsp3) is 0.429. The number of halogens is 1. The Bertz CT molecular complexity index is 673. The molecule has 1 amide bonds. The third kappa shape index (κ3) is 6.07. The van der Waals surface area contributed by atoms with E-state index in [1.807, 2.05) is 0 Å². The van der Waals surface area contributed by atoms with E-state index in [4.69, 9.17) is 21.1 Å². The fourth-order valence-corrected chi connectivity index (χ4v) is 3.84. The molecule has 1 atom stereocenters. The molecule has 1 aliphatic rings. The maximum absolute atomic E-state index is 11.6. The molecular formula is C14H16ClNO6S. The highest BCUT2D eigenvalue weighted by Crippen LogP contribution is 2.15. The van der Waals surface area contributed by atoms with Gasteiger partial charge < -0.3 is 14.8 Å². The van der Waals surface area contributed by atoms with E-state index in [9.17, 15) is 18.0 Å². The fourth-order valence-electron chi connectivity index (χ4n) is 2.04. The van der Waals surface area contributed by atoms with Crippen LogP contribution in [-0.4, -0.2) is 51.1 Å². The molecular weight excluding hydrogens is 346 g/mol. The first-order valence-corrected chi connectivity index (χ1v) is 9.08. The van der Waals surface area contributed by atoms with Crippen LogP contribution in [0, 0.1) is 0 Å². The van der Waals surface area contributed by atoms with E-state index in [-0.39, 0.29) is 18.1 Å². The van der Waals surface area contributed by atoms with Crippen LogP contribution in [-0.2, 0) is 24.2 Å². The van der Waals surface area contributed by atoms with E-state index >= 15 is 0 Å². The van der Waals surface area contributed by atoms with Crippen LogP contribution in [0.4, 0.5) is 0 Å². The number of nitrogens with one attached hydrogen (secondary N) is 1. The molecule has 9 heteroatoms. The van der Waals surface area contributed by atoms with Crippen molar-refractivity contribution in [2.75, 3.05) is 24.7 Å². The number of hydrogen-bond acceptors (Lipinski definition) is 6. The van der Waals surface area contributed by atoms with E-state index in [1.54, 1.807) is 24.3 Å². The molecule has 1 aromatic carbocycles. The molecule has 0 aliphatic carbocycles. The van der Waals surface area contributed by atoms with Crippen LogP contribution in [0.2, 0.25) is 5.02 Å². The minimum Gasteiger partial charge on any atom is -0.482 e. The topological polar surface area (TPSA) is 98.8 Å². The van der Waals surface area contributed by atoms with Crippen LogP contribution >= 0.6 is 11.6 Å². The lowest BCUT2D eigenvalue weighted by Crippen LogP contribution is -2.38. The van der Waals surface area contributed by atoms with Crippen molar-refractivity contribution in [2.24, 2.45) is 0 Å². The van der Waals surface area contributed by atoms with Gasteiger partial charge in [0.2, 0.25) is 0 Å². The van der Waals surface area contributed by atoms with Gasteiger partial charge >= 0.3 is 5.97 Å². The first kappa shape index (κ1) is 17.6. The molecule has 1 fully saturated rings. The summed E-state index contributed by atoms with van der Waals surface area (Å²) in [4.78, 5) is 23.1. The van der Waals surface area contributed by atoms with Crippen molar-refractivity contribution in [1.82, 2.24) is 5.32 Å². The number of ether oxygens (including phenoxy) is 2. The maximum Gasteiger partial charge on any atom is 0.344 e. The van der Waals surface area contributed by atoms with Crippen LogP contribution in [0.3, 0.4) is 0 Å². The van der Waals surface area contributed by atoms with Gasteiger partial charge in [0.1, 0.15) is 5.75 Å². The molecule has 7 nitrogen and oxygen atoms in total. The Labute approximate surface area is 138 Å². The van der Waals surface area contributed by atoms with Crippen molar-refractivity contribution in [3.05, 3.63) is 29.3 Å². The van der Waals surface area contributed by atoms with E-state index in [0.29, 0.717) is 17.2 Å². The Morgan fingerprint density at radius 1 is 1.22 bits per heavy atom. The van der Waals surface area contributed by atoms with Gasteiger partial charge in [-0.1, -0.05) is 11.6 Å². The lowest BCUT2D eigenvalue weighted by atomic mass is 10.2. The SMILES string of the molecule is O=C(COC(=O)COc1ccc(Cl)cc1)NC1CCS(=O)(=O)C1. The highest BCUT2D eigenvalue weighted by molar-refractivity contribution is 7.91. The predicted molar refractivity (Wildman–Crippen MR) is 83.1 cm³/mol. The number of amides is 1. The lowest BCUT2D eigenvalue weighted by Gasteiger charge is -2.11. The highest BCUT2D eigenvalue weighted by atomic mass is 35.5. The molecule has 1 heterocycles. The van der Waals surface area contributed by atoms with Gasteiger partial charge in [0.15, 0.2) is 23.1 Å². The molecule has 0 aromatic heterocycles. The molecule has 1 saturated heterocycles. The molecule has 1 aromatic rings. The Hall–Kier alpha value is -1.80. The molecule has 0 saturated carbocycles. The number of rotatable bonds is 6. The molecule has 2 rings (SSSR count). The van der Waals surface area contributed by atoms with Gasteiger partial charge in [0.25, 0.3) is 5.91 Å². The number of esters is 1. The average Bonchev–Trinajstić information content (AvgIpc) is 2.83. The number of sulfone groups is 1. The van der Waals surface area contributed by atoms with Gasteiger partial charge in [0, 0.05) is 11.1 Å². The summed E-state index contributed by atoms with van der Waals surface area (Å²) in [7, 11) is -3.07. The third-order valence-electron chi connectivity index (χ3n) is 3.13. The van der Waals surface area contributed by atoms with Crippen LogP contribution in [0.25, 0.3) is 0 Å². The summed E-state index contributed by atoms with van der Waals surface area (Å²) in [5.74, 6) is -0.799. The molecule has 23 heavy (non-hydrogen) atoms. The zero-order valence-electron chi connectivity index (χ0n) is 12.2. The second-order valence-corrected chi connectivity index (χ2v) is 7.74. The summed E-state index contributed by atoms with van der Waals surface area (Å²) in [6, 6.07) is 6.01. The van der Waals surface area contributed by atoms with Crippen LogP contribution in [0.1, 0.15) is 6.42 Å². The molecule has 0 radical (unpaired) electrons. The van der Waals surface area contributed by atoms with Gasteiger partial charge in [-0.2, -0.15) is 0 Å². The summed E-state index contributed by atoms with van der Waals surface area (Å²) >= 11 is 5.72. The zero-order valence-corrected chi connectivity index (χ0v) is 13.7. The summed E-state index contributed by atoms with van der Waals surface area (Å²) < 4.78 is 32.5. The van der Waals surface area contributed by atoms with Crippen molar-refractivity contribution < 1.29 is 27.5 Å².